The fourth-order valence-electron chi connectivity index (χ4n) is 2.01. The number of hydrogen-bond acceptors (Lipinski definition) is 5. The van der Waals surface area contributed by atoms with Gasteiger partial charge in [0.15, 0.2) is 0 Å². The van der Waals surface area contributed by atoms with E-state index in [1.165, 1.54) is 0 Å². The van der Waals surface area contributed by atoms with Crippen molar-refractivity contribution >= 4 is 33.5 Å². The van der Waals surface area contributed by atoms with Crippen LogP contribution in [0.1, 0.15) is 19.8 Å². The van der Waals surface area contributed by atoms with Gasteiger partial charge >= 0.3 is 0 Å². The Labute approximate surface area is 128 Å². The zero-order valence-electron chi connectivity index (χ0n) is 12.6. The molecular formula is C15H22N4OS. The summed E-state index contributed by atoms with van der Waals surface area (Å²) < 4.78 is 11.1. The van der Waals surface area contributed by atoms with E-state index < -0.39 is 10.8 Å². The summed E-state index contributed by atoms with van der Waals surface area (Å²) in [5.74, 6) is 2.19. The van der Waals surface area contributed by atoms with E-state index in [2.05, 4.69) is 27.5 Å². The molecule has 0 amide bonds. The number of anilines is 2. The maximum atomic E-state index is 11.1. The number of para-hydroxylation sites is 1. The lowest BCUT2D eigenvalue weighted by Gasteiger charge is -2.11. The van der Waals surface area contributed by atoms with Crippen molar-refractivity contribution in [3.05, 3.63) is 24.3 Å². The van der Waals surface area contributed by atoms with Gasteiger partial charge in [0.1, 0.15) is 5.82 Å². The molecule has 0 aliphatic carbocycles. The second-order valence-electron chi connectivity index (χ2n) is 4.90. The molecule has 1 aromatic heterocycles. The Bertz CT molecular complexity index is 618. The van der Waals surface area contributed by atoms with Gasteiger partial charge in [-0.3, -0.25) is 4.21 Å². The predicted molar refractivity (Wildman–Crippen MR) is 90.4 cm³/mol. The van der Waals surface area contributed by atoms with Crippen molar-refractivity contribution in [3.8, 4) is 0 Å². The molecule has 2 rings (SSSR count). The van der Waals surface area contributed by atoms with Gasteiger partial charge in [0, 0.05) is 41.3 Å². The number of fused-ring (bicyclic) bond motifs is 1. The average molecular weight is 306 g/mol. The molecule has 2 aromatic rings. The van der Waals surface area contributed by atoms with Gasteiger partial charge < -0.3 is 10.6 Å². The zero-order valence-corrected chi connectivity index (χ0v) is 13.4. The highest BCUT2D eigenvalue weighted by atomic mass is 32.2. The Hall–Kier alpha value is -1.69. The van der Waals surface area contributed by atoms with Crippen LogP contribution < -0.4 is 10.6 Å². The molecule has 0 aliphatic heterocycles. The van der Waals surface area contributed by atoms with Crippen molar-refractivity contribution in [3.63, 3.8) is 0 Å². The van der Waals surface area contributed by atoms with Crippen LogP contribution in [0.3, 0.4) is 0 Å². The maximum absolute atomic E-state index is 11.1. The quantitative estimate of drug-likeness (QED) is 0.734. The SMILES string of the molecule is CCCNc1nc(NCCCS(C)=O)c2ccccc2n1. The summed E-state index contributed by atoms with van der Waals surface area (Å²) >= 11 is 0. The van der Waals surface area contributed by atoms with Gasteiger partial charge in [-0.1, -0.05) is 19.1 Å². The highest BCUT2D eigenvalue weighted by Crippen LogP contribution is 2.21. The molecule has 21 heavy (non-hydrogen) atoms. The Kier molecular flexibility index (Phi) is 5.92. The summed E-state index contributed by atoms with van der Waals surface area (Å²) in [6.45, 7) is 3.72. The summed E-state index contributed by atoms with van der Waals surface area (Å²) in [6, 6.07) is 7.96. The molecule has 0 aliphatic rings. The molecule has 0 bridgehead atoms. The largest absolute Gasteiger partial charge is 0.369 e. The van der Waals surface area contributed by atoms with Crippen molar-refractivity contribution in [1.82, 2.24) is 9.97 Å². The first-order valence-electron chi connectivity index (χ1n) is 7.25. The maximum Gasteiger partial charge on any atom is 0.225 e. The van der Waals surface area contributed by atoms with E-state index in [4.69, 9.17) is 0 Å². The van der Waals surface area contributed by atoms with E-state index in [0.717, 1.165) is 42.7 Å². The third kappa shape index (κ3) is 4.67. The summed E-state index contributed by atoms with van der Waals surface area (Å²) in [4.78, 5) is 9.06. The molecule has 5 nitrogen and oxygen atoms in total. The van der Waals surface area contributed by atoms with E-state index in [0.29, 0.717) is 11.7 Å². The van der Waals surface area contributed by atoms with Crippen LogP contribution >= 0.6 is 0 Å². The van der Waals surface area contributed by atoms with Gasteiger partial charge in [-0.25, -0.2) is 4.98 Å². The standard InChI is InChI=1S/C15H22N4OS/c1-3-9-17-15-18-13-8-5-4-7-12(13)14(19-15)16-10-6-11-21(2)20/h4-5,7-8H,3,6,9-11H2,1-2H3,(H2,16,17,18,19). The lowest BCUT2D eigenvalue weighted by atomic mass is 10.2. The van der Waals surface area contributed by atoms with Crippen LogP contribution in [0.25, 0.3) is 10.9 Å². The van der Waals surface area contributed by atoms with Crippen molar-refractivity contribution in [2.24, 2.45) is 0 Å². The number of hydrogen-bond donors (Lipinski definition) is 2. The smallest absolute Gasteiger partial charge is 0.225 e. The molecule has 0 radical (unpaired) electrons. The van der Waals surface area contributed by atoms with Crippen LogP contribution in [0.15, 0.2) is 24.3 Å². The first-order chi connectivity index (χ1) is 10.2. The second kappa shape index (κ2) is 7.93. The molecular weight excluding hydrogens is 284 g/mol. The molecule has 2 N–H and O–H groups in total. The predicted octanol–water partition coefficient (Wildman–Crippen LogP) is 2.63. The molecule has 1 unspecified atom stereocenters. The Morgan fingerprint density at radius 1 is 1.14 bits per heavy atom. The first kappa shape index (κ1) is 15.7. The van der Waals surface area contributed by atoms with Crippen LogP contribution in [-0.2, 0) is 10.8 Å². The Balaban J connectivity index is 2.16. The molecule has 0 fully saturated rings. The lowest BCUT2D eigenvalue weighted by Crippen LogP contribution is -2.10. The Morgan fingerprint density at radius 3 is 2.71 bits per heavy atom. The fraction of sp³-hybridized carbons (Fsp3) is 0.467. The van der Waals surface area contributed by atoms with E-state index in [-0.39, 0.29) is 0 Å². The lowest BCUT2D eigenvalue weighted by molar-refractivity contribution is 0.685. The number of aromatic nitrogens is 2. The zero-order chi connectivity index (χ0) is 15.1. The summed E-state index contributed by atoms with van der Waals surface area (Å²) in [7, 11) is -0.744. The monoisotopic (exact) mass is 306 g/mol. The van der Waals surface area contributed by atoms with Gasteiger partial charge in [-0.05, 0) is 25.0 Å². The van der Waals surface area contributed by atoms with E-state index in [1.54, 1.807) is 6.26 Å². The summed E-state index contributed by atoms with van der Waals surface area (Å²) in [5.41, 5.74) is 0.924. The van der Waals surface area contributed by atoms with Gasteiger partial charge in [-0.15, -0.1) is 0 Å². The van der Waals surface area contributed by atoms with Crippen LogP contribution in [0.5, 0.6) is 0 Å². The molecule has 0 saturated heterocycles. The molecule has 1 aromatic carbocycles. The van der Waals surface area contributed by atoms with Gasteiger partial charge in [0.25, 0.3) is 0 Å². The second-order valence-corrected chi connectivity index (χ2v) is 6.45. The van der Waals surface area contributed by atoms with Crippen molar-refractivity contribution in [2.75, 3.05) is 35.7 Å². The number of nitrogens with zero attached hydrogens (tertiary/aromatic N) is 2. The van der Waals surface area contributed by atoms with E-state index in [9.17, 15) is 4.21 Å². The van der Waals surface area contributed by atoms with Gasteiger partial charge in [0.05, 0.1) is 5.52 Å². The normalized spacial score (nSPS) is 12.3. The van der Waals surface area contributed by atoms with Gasteiger partial charge in [-0.2, -0.15) is 4.98 Å². The molecule has 6 heteroatoms. The molecule has 0 spiro atoms. The topological polar surface area (TPSA) is 66.9 Å². The number of rotatable bonds is 8. The van der Waals surface area contributed by atoms with E-state index >= 15 is 0 Å². The van der Waals surface area contributed by atoms with Gasteiger partial charge in [0.2, 0.25) is 5.95 Å². The third-order valence-corrected chi connectivity index (χ3v) is 3.90. The van der Waals surface area contributed by atoms with Crippen LogP contribution in [0, 0.1) is 0 Å². The third-order valence-electron chi connectivity index (χ3n) is 3.04. The van der Waals surface area contributed by atoms with Crippen LogP contribution in [-0.4, -0.2) is 39.3 Å². The fourth-order valence-corrected chi connectivity index (χ4v) is 2.56. The highest BCUT2D eigenvalue weighted by molar-refractivity contribution is 7.84. The minimum absolute atomic E-state index is 0.650. The molecule has 1 heterocycles. The number of benzene rings is 1. The summed E-state index contributed by atoms with van der Waals surface area (Å²) in [6.07, 6.45) is 3.62. The average Bonchev–Trinajstić information content (AvgIpc) is 2.49. The molecule has 114 valence electrons. The first-order valence-corrected chi connectivity index (χ1v) is 8.98. The van der Waals surface area contributed by atoms with Crippen LogP contribution in [0.4, 0.5) is 11.8 Å². The highest BCUT2D eigenvalue weighted by Gasteiger charge is 2.06. The van der Waals surface area contributed by atoms with Crippen LogP contribution in [0.2, 0.25) is 0 Å². The minimum Gasteiger partial charge on any atom is -0.369 e. The summed E-state index contributed by atoms with van der Waals surface area (Å²) in [5, 5.41) is 7.57. The molecule has 0 saturated carbocycles. The minimum atomic E-state index is -0.744. The van der Waals surface area contributed by atoms with Crippen molar-refractivity contribution < 1.29 is 4.21 Å². The van der Waals surface area contributed by atoms with E-state index in [1.807, 2.05) is 24.3 Å². The van der Waals surface area contributed by atoms with Crippen molar-refractivity contribution in [2.45, 2.75) is 19.8 Å². The Morgan fingerprint density at radius 2 is 1.95 bits per heavy atom. The molecule has 1 atom stereocenters. The number of nitrogens with one attached hydrogen (secondary N) is 2. The van der Waals surface area contributed by atoms with Crippen molar-refractivity contribution in [1.29, 1.82) is 0 Å².